The average molecular weight is 318 g/mol. The summed E-state index contributed by atoms with van der Waals surface area (Å²) in [4.78, 5) is 16.5. The molecule has 0 saturated carbocycles. The molecular weight excluding hydrogens is 288 g/mol. The summed E-state index contributed by atoms with van der Waals surface area (Å²) in [5, 5.41) is 0. The molecule has 0 bridgehead atoms. The van der Waals surface area contributed by atoms with Gasteiger partial charge < -0.3 is 9.64 Å². The maximum atomic E-state index is 12.2. The lowest BCUT2D eigenvalue weighted by Crippen LogP contribution is -2.38. The first kappa shape index (κ1) is 17.8. The predicted octanol–water partition coefficient (Wildman–Crippen LogP) is 3.91. The van der Waals surface area contributed by atoms with Gasteiger partial charge in [0.2, 0.25) is 0 Å². The summed E-state index contributed by atoms with van der Waals surface area (Å²) in [6.07, 6.45) is 2.98. The molecule has 1 aromatic carbocycles. The molecule has 0 aliphatic carbocycles. The zero-order chi connectivity index (χ0) is 16.9. The molecule has 1 fully saturated rings. The third-order valence-electron chi connectivity index (χ3n) is 4.25. The topological polar surface area (TPSA) is 32.8 Å². The monoisotopic (exact) mass is 318 g/mol. The van der Waals surface area contributed by atoms with Gasteiger partial charge in [0.1, 0.15) is 5.60 Å². The summed E-state index contributed by atoms with van der Waals surface area (Å²) in [6, 6.07) is 11.1. The Morgan fingerprint density at radius 2 is 1.91 bits per heavy atom. The van der Waals surface area contributed by atoms with Crippen LogP contribution >= 0.6 is 0 Å². The second kappa shape index (κ2) is 7.82. The van der Waals surface area contributed by atoms with Crippen LogP contribution in [0.1, 0.15) is 45.6 Å². The second-order valence-corrected chi connectivity index (χ2v) is 7.45. The van der Waals surface area contributed by atoms with E-state index in [-0.39, 0.29) is 6.09 Å². The summed E-state index contributed by atoms with van der Waals surface area (Å²) in [5.41, 5.74) is 0.913. The quantitative estimate of drug-likeness (QED) is 0.847. The molecule has 0 radical (unpaired) electrons. The van der Waals surface area contributed by atoms with Crippen LogP contribution in [0.2, 0.25) is 0 Å². The highest BCUT2D eigenvalue weighted by atomic mass is 16.6. The van der Waals surface area contributed by atoms with E-state index >= 15 is 0 Å². The van der Waals surface area contributed by atoms with Gasteiger partial charge in [-0.1, -0.05) is 30.3 Å². The van der Waals surface area contributed by atoms with Crippen molar-refractivity contribution in [3.63, 3.8) is 0 Å². The largest absolute Gasteiger partial charge is 0.444 e. The summed E-state index contributed by atoms with van der Waals surface area (Å²) in [5.74, 6) is 0. The number of nitrogens with zero attached hydrogens (tertiary/aromatic N) is 2. The van der Waals surface area contributed by atoms with Crippen LogP contribution in [0.15, 0.2) is 30.3 Å². The maximum absolute atomic E-state index is 12.2. The van der Waals surface area contributed by atoms with E-state index < -0.39 is 5.60 Å². The summed E-state index contributed by atoms with van der Waals surface area (Å²) in [6.45, 7) is 8.28. The van der Waals surface area contributed by atoms with Crippen molar-refractivity contribution < 1.29 is 9.53 Å². The number of carbonyl (C=O) groups excluding carboxylic acids is 1. The van der Waals surface area contributed by atoms with Gasteiger partial charge in [0.15, 0.2) is 0 Å². The van der Waals surface area contributed by atoms with Gasteiger partial charge in [-0.15, -0.1) is 0 Å². The molecule has 1 saturated heterocycles. The normalized spacial score (nSPS) is 19.5. The molecule has 2 rings (SSSR count). The van der Waals surface area contributed by atoms with E-state index in [0.717, 1.165) is 38.9 Å². The van der Waals surface area contributed by atoms with Crippen molar-refractivity contribution in [2.75, 3.05) is 20.1 Å². The van der Waals surface area contributed by atoms with E-state index in [2.05, 4.69) is 36.2 Å². The molecule has 0 spiro atoms. The van der Waals surface area contributed by atoms with Gasteiger partial charge in [-0.3, -0.25) is 4.90 Å². The highest BCUT2D eigenvalue weighted by Gasteiger charge is 2.26. The minimum absolute atomic E-state index is 0.177. The number of ether oxygens (including phenoxy) is 1. The van der Waals surface area contributed by atoms with E-state index in [1.165, 1.54) is 5.56 Å². The number of likely N-dealkylation sites (tertiary alicyclic amines) is 1. The molecule has 1 atom stereocenters. The van der Waals surface area contributed by atoms with E-state index in [9.17, 15) is 4.79 Å². The first-order valence-electron chi connectivity index (χ1n) is 8.57. The fraction of sp³-hybridized carbons (Fsp3) is 0.632. The van der Waals surface area contributed by atoms with Gasteiger partial charge >= 0.3 is 6.09 Å². The second-order valence-electron chi connectivity index (χ2n) is 7.45. The predicted molar refractivity (Wildman–Crippen MR) is 93.4 cm³/mol. The van der Waals surface area contributed by atoms with E-state index in [1.807, 2.05) is 31.7 Å². The summed E-state index contributed by atoms with van der Waals surface area (Å²) < 4.78 is 5.50. The Morgan fingerprint density at radius 3 is 2.57 bits per heavy atom. The molecule has 1 heterocycles. The van der Waals surface area contributed by atoms with Crippen molar-refractivity contribution in [3.05, 3.63) is 35.9 Å². The Morgan fingerprint density at radius 1 is 1.22 bits per heavy atom. The molecular formula is C19H30N2O2. The highest BCUT2D eigenvalue weighted by molar-refractivity contribution is 5.68. The number of carbonyl (C=O) groups is 1. The van der Waals surface area contributed by atoms with Gasteiger partial charge in [-0.25, -0.2) is 4.79 Å². The Bertz CT molecular complexity index is 496. The third kappa shape index (κ3) is 5.87. The summed E-state index contributed by atoms with van der Waals surface area (Å²) >= 11 is 0. The zero-order valence-corrected chi connectivity index (χ0v) is 14.9. The van der Waals surface area contributed by atoms with Crippen molar-refractivity contribution in [1.29, 1.82) is 0 Å². The van der Waals surface area contributed by atoms with Gasteiger partial charge in [0.05, 0.1) is 0 Å². The Balaban J connectivity index is 1.87. The minimum Gasteiger partial charge on any atom is -0.444 e. The molecule has 4 heteroatoms. The first-order chi connectivity index (χ1) is 10.8. The molecule has 0 aromatic heterocycles. The van der Waals surface area contributed by atoms with Crippen LogP contribution in [0, 0.1) is 0 Å². The van der Waals surface area contributed by atoms with Gasteiger partial charge in [0.25, 0.3) is 0 Å². The van der Waals surface area contributed by atoms with Gasteiger partial charge in [-0.05, 0) is 52.6 Å². The van der Waals surface area contributed by atoms with Crippen molar-refractivity contribution in [1.82, 2.24) is 9.80 Å². The van der Waals surface area contributed by atoms with Crippen molar-refractivity contribution in [2.24, 2.45) is 0 Å². The zero-order valence-electron chi connectivity index (χ0n) is 14.9. The lowest BCUT2D eigenvalue weighted by Gasteiger charge is -2.28. The van der Waals surface area contributed by atoms with E-state index in [0.29, 0.717) is 6.04 Å². The SMILES string of the molecule is CN(Cc1ccccc1)C1CCCN(C(=O)OC(C)(C)C)CC1. The van der Waals surface area contributed by atoms with Crippen molar-refractivity contribution in [2.45, 2.75) is 58.2 Å². The van der Waals surface area contributed by atoms with Crippen molar-refractivity contribution >= 4 is 6.09 Å². The van der Waals surface area contributed by atoms with E-state index in [1.54, 1.807) is 0 Å². The standard InChI is InChI=1S/C19H30N2O2/c1-19(2,3)23-18(22)21-13-8-11-17(12-14-21)20(4)15-16-9-6-5-7-10-16/h5-7,9-10,17H,8,11-15H2,1-4H3. The van der Waals surface area contributed by atoms with Crippen LogP contribution in [-0.4, -0.2) is 47.7 Å². The fourth-order valence-electron chi connectivity index (χ4n) is 3.03. The number of hydrogen-bond acceptors (Lipinski definition) is 3. The van der Waals surface area contributed by atoms with Crippen LogP contribution in [0.4, 0.5) is 4.79 Å². The fourth-order valence-corrected chi connectivity index (χ4v) is 3.03. The molecule has 0 N–H and O–H groups in total. The Hall–Kier alpha value is -1.55. The van der Waals surface area contributed by atoms with Crippen LogP contribution in [0.3, 0.4) is 0 Å². The van der Waals surface area contributed by atoms with Crippen LogP contribution < -0.4 is 0 Å². The van der Waals surface area contributed by atoms with E-state index in [4.69, 9.17) is 4.74 Å². The van der Waals surface area contributed by atoms with Crippen LogP contribution in [-0.2, 0) is 11.3 Å². The Kier molecular flexibility index (Phi) is 6.05. The number of benzene rings is 1. The van der Waals surface area contributed by atoms with Crippen molar-refractivity contribution in [3.8, 4) is 0 Å². The molecule has 1 aliphatic rings. The molecule has 1 unspecified atom stereocenters. The van der Waals surface area contributed by atoms with Gasteiger partial charge in [-0.2, -0.15) is 0 Å². The summed E-state index contributed by atoms with van der Waals surface area (Å²) in [7, 11) is 2.18. The van der Waals surface area contributed by atoms with Crippen LogP contribution in [0.25, 0.3) is 0 Å². The first-order valence-corrected chi connectivity index (χ1v) is 8.57. The smallest absolute Gasteiger partial charge is 0.410 e. The molecule has 23 heavy (non-hydrogen) atoms. The number of hydrogen-bond donors (Lipinski definition) is 0. The number of amides is 1. The maximum Gasteiger partial charge on any atom is 0.410 e. The molecule has 1 amide bonds. The minimum atomic E-state index is -0.424. The lowest BCUT2D eigenvalue weighted by molar-refractivity contribution is 0.0253. The molecule has 128 valence electrons. The highest BCUT2D eigenvalue weighted by Crippen LogP contribution is 2.19. The van der Waals surface area contributed by atoms with Gasteiger partial charge in [0, 0.05) is 25.7 Å². The average Bonchev–Trinajstić information content (AvgIpc) is 2.72. The van der Waals surface area contributed by atoms with Crippen LogP contribution in [0.5, 0.6) is 0 Å². The molecule has 1 aromatic rings. The number of rotatable bonds is 3. The lowest BCUT2D eigenvalue weighted by atomic mass is 10.1. The molecule has 4 nitrogen and oxygen atoms in total. The third-order valence-corrected chi connectivity index (χ3v) is 4.25. The molecule has 1 aliphatic heterocycles. The Labute approximate surface area is 140 Å².